The van der Waals surface area contributed by atoms with Gasteiger partial charge in [0.15, 0.2) is 5.37 Å². The summed E-state index contributed by atoms with van der Waals surface area (Å²) in [6.45, 7) is 10.7. The summed E-state index contributed by atoms with van der Waals surface area (Å²) in [7, 11) is -3.77. The Kier molecular flexibility index (Phi) is 13.4. The molecule has 3 N–H and O–H groups in total. The average molecular weight is 482 g/mol. The van der Waals surface area contributed by atoms with Gasteiger partial charge < -0.3 is 9.73 Å². The molecule has 1 aromatic heterocycles. The molecule has 0 fully saturated rings. The second kappa shape index (κ2) is 15.1. The van der Waals surface area contributed by atoms with Crippen LogP contribution in [0.5, 0.6) is 0 Å². The minimum atomic E-state index is -3.77. The summed E-state index contributed by atoms with van der Waals surface area (Å²) in [6, 6.07) is 0.149. The van der Waals surface area contributed by atoms with E-state index in [-0.39, 0.29) is 6.01 Å². The average Bonchev–Trinajstić information content (AvgIpc) is 3.19. The summed E-state index contributed by atoms with van der Waals surface area (Å²) in [5, 5.41) is 7.15. The zero-order valence-corrected chi connectivity index (χ0v) is 21.7. The molecule has 0 saturated heterocycles. The Hall–Kier alpha value is -1.77. The smallest absolute Gasteiger partial charge is 0.295 e. The number of aromatic nitrogens is 1. The van der Waals surface area contributed by atoms with Gasteiger partial charge in [0.05, 0.1) is 6.20 Å². The highest BCUT2D eigenvalue weighted by Gasteiger charge is 2.22. The Balaban J connectivity index is 2.62. The van der Waals surface area contributed by atoms with Gasteiger partial charge in [-0.25, -0.2) is 18.5 Å². The lowest BCUT2D eigenvalue weighted by atomic mass is 10.0. The molecule has 1 unspecified atom stereocenters. The first-order valence-corrected chi connectivity index (χ1v) is 13.7. The molecular formula is C24H39N3O3S2. The first kappa shape index (κ1) is 28.3. The third kappa shape index (κ3) is 13.6. The topological polar surface area (TPSA) is 98.2 Å². The van der Waals surface area contributed by atoms with Gasteiger partial charge in [-0.1, -0.05) is 46.6 Å². The summed E-state index contributed by atoms with van der Waals surface area (Å²) >= 11 is 1.52. The highest BCUT2D eigenvalue weighted by molar-refractivity contribution is 8.00. The number of primary sulfonamides is 1. The minimum Gasteiger partial charge on any atom is -0.432 e. The van der Waals surface area contributed by atoms with Crippen molar-refractivity contribution in [1.29, 1.82) is 0 Å². The monoisotopic (exact) mass is 481 g/mol. The van der Waals surface area contributed by atoms with Crippen molar-refractivity contribution in [3.63, 3.8) is 0 Å². The lowest BCUT2D eigenvalue weighted by Gasteiger charge is -2.14. The van der Waals surface area contributed by atoms with Gasteiger partial charge in [-0.2, -0.15) is 11.8 Å². The van der Waals surface area contributed by atoms with E-state index in [1.54, 1.807) is 0 Å². The van der Waals surface area contributed by atoms with Crippen LogP contribution in [0, 0.1) is 0 Å². The van der Waals surface area contributed by atoms with Crippen LogP contribution in [0.1, 0.15) is 66.7 Å². The van der Waals surface area contributed by atoms with E-state index in [1.807, 2.05) is 0 Å². The maximum absolute atomic E-state index is 11.9. The molecule has 8 heteroatoms. The molecule has 32 heavy (non-hydrogen) atoms. The van der Waals surface area contributed by atoms with E-state index in [9.17, 15) is 8.42 Å². The van der Waals surface area contributed by atoms with Gasteiger partial charge in [0, 0.05) is 11.5 Å². The van der Waals surface area contributed by atoms with Crippen molar-refractivity contribution in [1.82, 2.24) is 4.98 Å². The molecule has 180 valence electrons. The van der Waals surface area contributed by atoms with Crippen LogP contribution in [-0.4, -0.2) is 30.3 Å². The van der Waals surface area contributed by atoms with E-state index in [4.69, 9.17) is 9.56 Å². The molecule has 1 heterocycles. The van der Waals surface area contributed by atoms with Crippen molar-refractivity contribution < 1.29 is 12.8 Å². The van der Waals surface area contributed by atoms with Crippen LogP contribution in [0.4, 0.5) is 6.01 Å². The predicted molar refractivity (Wildman–Crippen MR) is 138 cm³/mol. The molecule has 1 aromatic rings. The highest BCUT2D eigenvalue weighted by Crippen LogP contribution is 2.18. The maximum atomic E-state index is 11.9. The Morgan fingerprint density at radius 3 is 2.38 bits per heavy atom. The maximum Gasteiger partial charge on any atom is 0.295 e. The van der Waals surface area contributed by atoms with Gasteiger partial charge in [0.1, 0.15) is 6.26 Å². The molecule has 6 nitrogen and oxygen atoms in total. The first-order valence-electron chi connectivity index (χ1n) is 10.9. The zero-order valence-electron chi connectivity index (χ0n) is 20.1. The molecule has 1 atom stereocenters. The fraction of sp³-hybridized carbons (Fsp3) is 0.542. The molecule has 0 saturated carbocycles. The van der Waals surface area contributed by atoms with E-state index >= 15 is 0 Å². The Labute approximate surface area is 198 Å². The highest BCUT2D eigenvalue weighted by atomic mass is 32.2. The standard InChI is InChI=1S/C24H39N3O3S2/c1-19(2)8-6-9-21(5)10-7-11-22(13-12-20(3)4)14-17-31-18-23(32(25,28)29)27-24-26-15-16-30-24/h8,10,12,14-16,23H,6-7,9,11,13,17-18H2,1-5H3,(H,26,27)(H2,25,28,29)/b21-10+,22-14-. The number of sulfonamides is 1. The van der Waals surface area contributed by atoms with Gasteiger partial charge in [-0.15, -0.1) is 0 Å². The third-order valence-electron chi connectivity index (χ3n) is 4.69. The van der Waals surface area contributed by atoms with Crippen LogP contribution in [0.15, 0.2) is 63.5 Å². The molecular weight excluding hydrogens is 442 g/mol. The fourth-order valence-electron chi connectivity index (χ4n) is 2.82. The Bertz CT molecular complexity index is 891. The number of anilines is 1. The van der Waals surface area contributed by atoms with Crippen molar-refractivity contribution in [2.45, 2.75) is 72.1 Å². The number of nitrogens with one attached hydrogen (secondary N) is 1. The Morgan fingerprint density at radius 1 is 1.09 bits per heavy atom. The van der Waals surface area contributed by atoms with Crippen molar-refractivity contribution in [2.75, 3.05) is 16.8 Å². The van der Waals surface area contributed by atoms with Crippen molar-refractivity contribution >= 4 is 27.8 Å². The van der Waals surface area contributed by atoms with Gasteiger partial charge >= 0.3 is 0 Å². The second-order valence-corrected chi connectivity index (χ2v) is 11.2. The van der Waals surface area contributed by atoms with E-state index < -0.39 is 15.4 Å². The first-order chi connectivity index (χ1) is 15.1. The lowest BCUT2D eigenvalue weighted by Crippen LogP contribution is -2.37. The summed E-state index contributed by atoms with van der Waals surface area (Å²) in [5.41, 5.74) is 5.44. The van der Waals surface area contributed by atoms with Crippen LogP contribution in [0.3, 0.4) is 0 Å². The molecule has 1 rings (SSSR count). The second-order valence-electron chi connectivity index (χ2n) is 8.35. The lowest BCUT2D eigenvalue weighted by molar-refractivity contribution is 0.561. The summed E-state index contributed by atoms with van der Waals surface area (Å²) in [4.78, 5) is 3.91. The fourth-order valence-corrected chi connectivity index (χ4v) is 4.92. The quantitative estimate of drug-likeness (QED) is 0.229. The number of oxazole rings is 1. The molecule has 0 aliphatic rings. The summed E-state index contributed by atoms with van der Waals surface area (Å²) < 4.78 is 28.8. The molecule has 0 aliphatic carbocycles. The number of allylic oxidation sites excluding steroid dienone is 7. The molecule has 0 aliphatic heterocycles. The van der Waals surface area contributed by atoms with Crippen LogP contribution < -0.4 is 10.5 Å². The summed E-state index contributed by atoms with van der Waals surface area (Å²) in [6.07, 6.45) is 17.0. The SMILES string of the molecule is CC(C)=CCC/C(C)=C/CC/C(=C/CSCC(Nc1ncco1)S(N)(=O)=O)CC=C(C)C. The number of nitrogens with zero attached hydrogens (tertiary/aromatic N) is 1. The van der Waals surface area contributed by atoms with Gasteiger partial charge in [0.25, 0.3) is 6.01 Å². The number of thioether (sulfide) groups is 1. The van der Waals surface area contributed by atoms with Crippen molar-refractivity contribution in [2.24, 2.45) is 5.14 Å². The van der Waals surface area contributed by atoms with Gasteiger partial charge in [-0.05, 0) is 66.7 Å². The molecule has 0 aromatic carbocycles. The predicted octanol–water partition coefficient (Wildman–Crippen LogP) is 6.19. The number of rotatable bonds is 15. The summed E-state index contributed by atoms with van der Waals surface area (Å²) in [5.74, 6) is 1.02. The minimum absolute atomic E-state index is 0.149. The number of hydrogen-bond acceptors (Lipinski definition) is 6. The molecule has 0 radical (unpaired) electrons. The third-order valence-corrected chi connectivity index (χ3v) is 6.95. The van der Waals surface area contributed by atoms with Crippen LogP contribution >= 0.6 is 11.8 Å². The van der Waals surface area contributed by atoms with E-state index in [2.05, 4.69) is 69.2 Å². The van der Waals surface area contributed by atoms with Crippen LogP contribution in [-0.2, 0) is 10.0 Å². The van der Waals surface area contributed by atoms with Crippen LogP contribution in [0.2, 0.25) is 0 Å². The largest absolute Gasteiger partial charge is 0.432 e. The molecule has 0 amide bonds. The van der Waals surface area contributed by atoms with Gasteiger partial charge in [-0.3, -0.25) is 0 Å². The molecule has 0 bridgehead atoms. The van der Waals surface area contributed by atoms with Crippen molar-refractivity contribution in [3.05, 3.63) is 59.1 Å². The van der Waals surface area contributed by atoms with E-state index in [1.165, 1.54) is 46.5 Å². The number of hydrogen-bond donors (Lipinski definition) is 2. The normalized spacial score (nSPS) is 13.6. The van der Waals surface area contributed by atoms with Crippen molar-refractivity contribution in [3.8, 4) is 0 Å². The van der Waals surface area contributed by atoms with Gasteiger partial charge in [0.2, 0.25) is 10.0 Å². The van der Waals surface area contributed by atoms with E-state index in [0.29, 0.717) is 11.5 Å². The van der Waals surface area contributed by atoms with E-state index in [0.717, 1.165) is 32.1 Å². The Morgan fingerprint density at radius 2 is 1.78 bits per heavy atom. The molecule has 0 spiro atoms. The number of nitrogens with two attached hydrogens (primary N) is 1. The zero-order chi connectivity index (χ0) is 24.0. The van der Waals surface area contributed by atoms with Crippen LogP contribution in [0.25, 0.3) is 0 Å².